The van der Waals surface area contributed by atoms with E-state index in [9.17, 15) is 24.0 Å². The smallest absolute Gasteiger partial charge is 0.506 e. The average Bonchev–Trinajstić information content (AvgIpc) is 3.27. The van der Waals surface area contributed by atoms with E-state index >= 15 is 0 Å². The predicted octanol–water partition coefficient (Wildman–Crippen LogP) is 1.53. The van der Waals surface area contributed by atoms with Crippen LogP contribution in [0.5, 0.6) is 0 Å². The van der Waals surface area contributed by atoms with Crippen LogP contribution in [0.2, 0.25) is 0 Å². The van der Waals surface area contributed by atoms with Gasteiger partial charge in [-0.15, -0.1) is 0 Å². The Labute approximate surface area is 251 Å². The third-order valence-corrected chi connectivity index (χ3v) is 6.68. The maximum atomic E-state index is 13.6. The molecule has 41 heavy (non-hydrogen) atoms. The molecule has 2 N–H and O–H groups in total. The molecule has 1 aliphatic rings. The number of esters is 1. The van der Waals surface area contributed by atoms with Crippen molar-refractivity contribution in [2.24, 2.45) is 5.92 Å². The Morgan fingerprint density at radius 3 is 2.39 bits per heavy atom. The van der Waals surface area contributed by atoms with Crippen LogP contribution in [-0.2, 0) is 42.7 Å². The molecule has 218 valence electrons. The van der Waals surface area contributed by atoms with Gasteiger partial charge in [0.1, 0.15) is 11.7 Å². The summed E-state index contributed by atoms with van der Waals surface area (Å²) in [6.07, 6.45) is 3.30. The molecule has 1 aromatic carbocycles. The van der Waals surface area contributed by atoms with Gasteiger partial charge < -0.3 is 27.7 Å². The van der Waals surface area contributed by atoms with Gasteiger partial charge in [0, 0.05) is 18.8 Å². The Kier molecular flexibility index (Phi) is 11.6. The fourth-order valence-electron chi connectivity index (χ4n) is 4.26. The van der Waals surface area contributed by atoms with E-state index < -0.39 is 67.3 Å². The number of amides is 2. The van der Waals surface area contributed by atoms with E-state index in [-0.39, 0.29) is 18.0 Å². The molecular weight excluding hydrogens is 650 g/mol. The first-order valence-electron chi connectivity index (χ1n) is 12.7. The van der Waals surface area contributed by atoms with E-state index in [0.717, 1.165) is 12.7 Å². The lowest BCUT2D eigenvalue weighted by Gasteiger charge is -2.26. The molecule has 2 aromatic rings. The summed E-state index contributed by atoms with van der Waals surface area (Å²) in [7, 11) is -0.206. The standard InChI is InChI=1S/C26H30BIN4O9/c1-16(2)11-20(27-39-25(37)26(41-27,13-21(33)38-3)14-22(34)40-28)32-23(35)18(12-17-7-5-4-6-8-17)31-24(36)19-15-29-9-10-30-19/h4-10,15-16,18,20H,11-14H2,1-3H3,(H,31,36)(H,32,35)/t18-,20-,26-/m0/s1. The number of methoxy groups -OCH3 is 1. The predicted molar refractivity (Wildman–Crippen MR) is 152 cm³/mol. The average molecular weight is 680 g/mol. The van der Waals surface area contributed by atoms with Gasteiger partial charge in [-0.05, 0) is 17.9 Å². The fourth-order valence-corrected chi connectivity index (χ4v) is 4.42. The maximum absolute atomic E-state index is 13.6. The monoisotopic (exact) mass is 680 g/mol. The van der Waals surface area contributed by atoms with Crippen molar-refractivity contribution in [3.8, 4) is 0 Å². The molecule has 0 radical (unpaired) electrons. The van der Waals surface area contributed by atoms with Crippen molar-refractivity contribution in [3.63, 3.8) is 0 Å². The molecule has 3 rings (SSSR count). The SMILES string of the molecule is COC(=O)C[C@@]1(CC(=O)OI)OB([C@H](CC(C)C)NC(=O)[C@H](Cc2ccccc2)NC(=O)c2cnccn2)OC1=O. The molecule has 3 atom stereocenters. The summed E-state index contributed by atoms with van der Waals surface area (Å²) in [6, 6.07) is 8.03. The van der Waals surface area contributed by atoms with Crippen LogP contribution in [-0.4, -0.2) is 71.5 Å². The number of hydrogen-bond donors (Lipinski definition) is 2. The minimum Gasteiger partial charge on any atom is -0.506 e. The van der Waals surface area contributed by atoms with Crippen LogP contribution < -0.4 is 10.6 Å². The Hall–Kier alpha value is -3.60. The number of benzene rings is 1. The second-order valence-corrected chi connectivity index (χ2v) is 10.3. The Balaban J connectivity index is 1.86. The van der Waals surface area contributed by atoms with Crippen LogP contribution in [0.15, 0.2) is 48.9 Å². The number of carbonyl (C=O) groups is 5. The molecule has 0 spiro atoms. The molecule has 13 nitrogen and oxygen atoms in total. The Morgan fingerprint density at radius 1 is 1.07 bits per heavy atom. The maximum Gasteiger partial charge on any atom is 0.552 e. The molecule has 15 heteroatoms. The molecule has 0 bridgehead atoms. The number of nitrogens with zero attached hydrogens (tertiary/aromatic N) is 2. The first kappa shape index (κ1) is 31.9. The molecule has 0 aliphatic carbocycles. The molecule has 0 unspecified atom stereocenters. The van der Waals surface area contributed by atoms with Crippen LogP contribution in [0.1, 0.15) is 49.2 Å². The highest BCUT2D eigenvalue weighted by Gasteiger charge is 2.58. The quantitative estimate of drug-likeness (QED) is 0.179. The third-order valence-electron chi connectivity index (χ3n) is 6.19. The summed E-state index contributed by atoms with van der Waals surface area (Å²) < 4.78 is 20.7. The third kappa shape index (κ3) is 8.95. The van der Waals surface area contributed by atoms with Crippen molar-refractivity contribution in [2.45, 2.75) is 57.1 Å². The van der Waals surface area contributed by atoms with Crippen molar-refractivity contribution >= 4 is 59.8 Å². The van der Waals surface area contributed by atoms with Crippen molar-refractivity contribution in [2.75, 3.05) is 7.11 Å². The molecule has 1 aromatic heterocycles. The molecule has 2 amide bonds. The molecule has 1 fully saturated rings. The zero-order chi connectivity index (χ0) is 30.0. The van der Waals surface area contributed by atoms with E-state index in [2.05, 4.69) is 28.4 Å². The summed E-state index contributed by atoms with van der Waals surface area (Å²) in [5.74, 6) is -4.66. The van der Waals surface area contributed by atoms with E-state index in [1.165, 1.54) is 41.6 Å². The van der Waals surface area contributed by atoms with E-state index in [4.69, 9.17) is 9.31 Å². The lowest BCUT2D eigenvalue weighted by molar-refractivity contribution is -0.157. The van der Waals surface area contributed by atoms with Gasteiger partial charge in [-0.3, -0.25) is 29.0 Å². The van der Waals surface area contributed by atoms with E-state index in [1.54, 1.807) is 0 Å². The Bertz CT molecular complexity index is 1220. The van der Waals surface area contributed by atoms with E-state index in [1.807, 2.05) is 44.2 Å². The van der Waals surface area contributed by atoms with Crippen molar-refractivity contribution in [1.29, 1.82) is 0 Å². The lowest BCUT2D eigenvalue weighted by Crippen LogP contribution is -2.55. The van der Waals surface area contributed by atoms with E-state index in [0.29, 0.717) is 6.42 Å². The topological polar surface area (TPSA) is 172 Å². The fraction of sp³-hybridized carbons (Fsp3) is 0.423. The second kappa shape index (κ2) is 14.9. The van der Waals surface area contributed by atoms with Gasteiger partial charge >= 0.3 is 25.0 Å². The molecule has 2 heterocycles. The van der Waals surface area contributed by atoms with Gasteiger partial charge in [0.2, 0.25) is 5.91 Å². The number of hydrogen-bond acceptors (Lipinski definition) is 11. The van der Waals surface area contributed by atoms with Gasteiger partial charge in [-0.25, -0.2) is 4.98 Å². The van der Waals surface area contributed by atoms with Crippen LogP contribution in [0.25, 0.3) is 0 Å². The van der Waals surface area contributed by atoms with Gasteiger partial charge in [-0.1, -0.05) is 44.2 Å². The zero-order valence-electron chi connectivity index (χ0n) is 22.7. The first-order valence-corrected chi connectivity index (χ1v) is 13.6. The second-order valence-electron chi connectivity index (χ2n) is 9.82. The molecule has 0 saturated carbocycles. The van der Waals surface area contributed by atoms with Crippen LogP contribution >= 0.6 is 23.0 Å². The highest BCUT2D eigenvalue weighted by atomic mass is 127. The lowest BCUT2D eigenvalue weighted by atomic mass is 9.73. The minimum atomic E-state index is -2.00. The molecule has 1 saturated heterocycles. The highest BCUT2D eigenvalue weighted by Crippen LogP contribution is 2.33. The number of aromatic nitrogens is 2. The van der Waals surface area contributed by atoms with Crippen LogP contribution in [0, 0.1) is 5.92 Å². The first-order chi connectivity index (χ1) is 19.6. The number of rotatable bonds is 13. The van der Waals surface area contributed by atoms with Gasteiger partial charge in [-0.2, -0.15) is 0 Å². The summed E-state index contributed by atoms with van der Waals surface area (Å²) in [4.78, 5) is 71.7. The van der Waals surface area contributed by atoms with Gasteiger partial charge in [0.15, 0.2) is 28.6 Å². The normalized spacial score (nSPS) is 17.8. The van der Waals surface area contributed by atoms with Crippen LogP contribution in [0.4, 0.5) is 0 Å². The van der Waals surface area contributed by atoms with Crippen molar-refractivity contribution < 1.29 is 41.1 Å². The largest absolute Gasteiger partial charge is 0.552 e. The van der Waals surface area contributed by atoms with Crippen LogP contribution in [0.3, 0.4) is 0 Å². The zero-order valence-corrected chi connectivity index (χ0v) is 24.9. The summed E-state index contributed by atoms with van der Waals surface area (Å²) in [5.41, 5.74) is -1.19. The minimum absolute atomic E-state index is 0.000669. The number of halogens is 1. The van der Waals surface area contributed by atoms with Gasteiger partial charge in [0.05, 0.1) is 32.1 Å². The number of carbonyl (C=O) groups excluding carboxylic acids is 5. The number of nitrogens with one attached hydrogen (secondary N) is 2. The summed E-state index contributed by atoms with van der Waals surface area (Å²) >= 11 is 1.36. The van der Waals surface area contributed by atoms with Crippen molar-refractivity contribution in [3.05, 3.63) is 60.2 Å². The molecular formula is C26H30BIN4O9. The summed E-state index contributed by atoms with van der Waals surface area (Å²) in [6.45, 7) is 3.78. The van der Waals surface area contributed by atoms with Crippen molar-refractivity contribution in [1.82, 2.24) is 20.6 Å². The van der Waals surface area contributed by atoms with Gasteiger partial charge in [0.25, 0.3) is 5.91 Å². The highest BCUT2D eigenvalue weighted by molar-refractivity contribution is 14.1. The molecule has 1 aliphatic heterocycles. The number of ether oxygens (including phenoxy) is 1. The Morgan fingerprint density at radius 2 is 1.78 bits per heavy atom. The summed E-state index contributed by atoms with van der Waals surface area (Å²) in [5, 5.41) is 5.53.